The first-order valence-corrected chi connectivity index (χ1v) is 11.9. The molecule has 0 aliphatic heterocycles. The highest BCUT2D eigenvalue weighted by atomic mass is 32.2. The monoisotopic (exact) mass is 463 g/mol. The summed E-state index contributed by atoms with van der Waals surface area (Å²) in [6, 6.07) is 19.9. The van der Waals surface area contributed by atoms with Gasteiger partial charge in [-0.3, -0.25) is 9.36 Å². The van der Waals surface area contributed by atoms with Gasteiger partial charge in [-0.1, -0.05) is 24.3 Å². The molecule has 33 heavy (non-hydrogen) atoms. The van der Waals surface area contributed by atoms with Crippen LogP contribution >= 0.6 is 0 Å². The van der Waals surface area contributed by atoms with E-state index in [2.05, 4.69) is 0 Å². The van der Waals surface area contributed by atoms with E-state index in [0.29, 0.717) is 28.2 Å². The first-order chi connectivity index (χ1) is 15.7. The van der Waals surface area contributed by atoms with Gasteiger partial charge in [0.25, 0.3) is 5.56 Å². The molecule has 1 atom stereocenters. The van der Waals surface area contributed by atoms with Gasteiger partial charge in [0.2, 0.25) is 10.0 Å². The fraction of sp³-hybridized carbons (Fsp3) is 0.200. The molecule has 1 heterocycles. The van der Waals surface area contributed by atoms with Gasteiger partial charge in [0.05, 0.1) is 34.6 Å². The molecular weight excluding hydrogens is 438 g/mol. The Labute approximate surface area is 192 Å². The normalized spacial score (nSPS) is 12.8. The number of nitrogens with zero attached hydrogens (tertiary/aromatic N) is 3. The van der Waals surface area contributed by atoms with Crippen LogP contribution < -0.4 is 10.3 Å². The third-order valence-electron chi connectivity index (χ3n) is 5.72. The SMILES string of the molecule is COc1ccc(-n2c(C(C)N(C)S(=O)(=O)c3ccccc3)nc3cc(C)ccc3c2=O)cc1. The summed E-state index contributed by atoms with van der Waals surface area (Å²) in [4.78, 5) is 18.5. The zero-order chi connectivity index (χ0) is 23.8. The van der Waals surface area contributed by atoms with Crippen LogP contribution in [0.1, 0.15) is 24.4 Å². The van der Waals surface area contributed by atoms with Crippen LogP contribution in [-0.2, 0) is 10.0 Å². The zero-order valence-corrected chi connectivity index (χ0v) is 19.7. The van der Waals surface area contributed by atoms with Gasteiger partial charge >= 0.3 is 0 Å². The molecule has 0 aliphatic carbocycles. The van der Waals surface area contributed by atoms with E-state index in [1.165, 1.54) is 15.9 Å². The first-order valence-electron chi connectivity index (χ1n) is 10.4. The highest BCUT2D eigenvalue weighted by Crippen LogP contribution is 2.27. The average Bonchev–Trinajstić information content (AvgIpc) is 2.83. The lowest BCUT2D eigenvalue weighted by Gasteiger charge is -2.26. The minimum absolute atomic E-state index is 0.175. The lowest BCUT2D eigenvalue weighted by Crippen LogP contribution is -2.34. The van der Waals surface area contributed by atoms with Crippen molar-refractivity contribution in [3.8, 4) is 11.4 Å². The van der Waals surface area contributed by atoms with Crippen LogP contribution in [0.2, 0.25) is 0 Å². The number of rotatable bonds is 6. The van der Waals surface area contributed by atoms with Crippen molar-refractivity contribution >= 4 is 20.9 Å². The van der Waals surface area contributed by atoms with E-state index in [0.717, 1.165) is 5.56 Å². The number of methoxy groups -OCH3 is 1. The Morgan fingerprint density at radius 2 is 1.67 bits per heavy atom. The van der Waals surface area contributed by atoms with Crippen molar-refractivity contribution in [3.05, 3.63) is 94.5 Å². The van der Waals surface area contributed by atoms with E-state index in [4.69, 9.17) is 9.72 Å². The smallest absolute Gasteiger partial charge is 0.266 e. The Bertz CT molecular complexity index is 1460. The molecule has 0 N–H and O–H groups in total. The van der Waals surface area contributed by atoms with E-state index in [1.807, 2.05) is 19.1 Å². The Kier molecular flexibility index (Phi) is 6.05. The summed E-state index contributed by atoms with van der Waals surface area (Å²) in [6.45, 7) is 3.65. The molecule has 170 valence electrons. The third-order valence-corrected chi connectivity index (χ3v) is 7.66. The number of fused-ring (bicyclic) bond motifs is 1. The van der Waals surface area contributed by atoms with E-state index in [1.54, 1.807) is 74.7 Å². The maximum atomic E-state index is 13.6. The molecule has 1 aromatic heterocycles. The molecule has 0 radical (unpaired) electrons. The van der Waals surface area contributed by atoms with Gasteiger partial charge in [-0.15, -0.1) is 0 Å². The molecule has 4 rings (SSSR count). The third kappa shape index (κ3) is 4.15. The number of ether oxygens (including phenoxy) is 1. The number of aryl methyl sites for hydroxylation is 1. The van der Waals surface area contributed by atoms with Crippen molar-refractivity contribution in [1.29, 1.82) is 0 Å². The molecule has 0 bridgehead atoms. The van der Waals surface area contributed by atoms with Gasteiger partial charge in [0, 0.05) is 7.05 Å². The molecule has 8 heteroatoms. The molecule has 0 amide bonds. The molecule has 0 aliphatic rings. The molecule has 7 nitrogen and oxygen atoms in total. The Morgan fingerprint density at radius 3 is 2.30 bits per heavy atom. The minimum Gasteiger partial charge on any atom is -0.497 e. The van der Waals surface area contributed by atoms with Crippen LogP contribution in [0.5, 0.6) is 5.75 Å². The van der Waals surface area contributed by atoms with E-state index >= 15 is 0 Å². The number of hydrogen-bond donors (Lipinski definition) is 0. The molecule has 3 aromatic carbocycles. The van der Waals surface area contributed by atoms with Gasteiger partial charge in [-0.2, -0.15) is 4.31 Å². The van der Waals surface area contributed by atoms with Crippen LogP contribution in [0.25, 0.3) is 16.6 Å². The van der Waals surface area contributed by atoms with Crippen LogP contribution in [0.15, 0.2) is 82.5 Å². The summed E-state index contributed by atoms with van der Waals surface area (Å²) in [5.41, 5.74) is 1.79. The number of sulfonamides is 1. The summed E-state index contributed by atoms with van der Waals surface area (Å²) in [6.07, 6.45) is 0. The lowest BCUT2D eigenvalue weighted by molar-refractivity contribution is 0.379. The largest absolute Gasteiger partial charge is 0.497 e. The van der Waals surface area contributed by atoms with Crippen LogP contribution in [0.3, 0.4) is 0 Å². The topological polar surface area (TPSA) is 81.5 Å². The predicted molar refractivity (Wildman–Crippen MR) is 128 cm³/mol. The number of benzene rings is 3. The second kappa shape index (κ2) is 8.80. The van der Waals surface area contributed by atoms with Crippen molar-refractivity contribution in [2.45, 2.75) is 24.8 Å². The second-order valence-electron chi connectivity index (χ2n) is 7.84. The molecule has 0 saturated heterocycles. The van der Waals surface area contributed by atoms with Crippen LogP contribution in [0.4, 0.5) is 0 Å². The summed E-state index contributed by atoms with van der Waals surface area (Å²) in [5.74, 6) is 0.972. The van der Waals surface area contributed by atoms with Gasteiger partial charge < -0.3 is 4.74 Å². The van der Waals surface area contributed by atoms with Gasteiger partial charge in [0.15, 0.2) is 0 Å². The molecule has 0 spiro atoms. The lowest BCUT2D eigenvalue weighted by atomic mass is 10.1. The number of aromatic nitrogens is 2. The first kappa shape index (κ1) is 22.7. The Morgan fingerprint density at radius 1 is 1.00 bits per heavy atom. The van der Waals surface area contributed by atoms with Crippen molar-refractivity contribution in [2.24, 2.45) is 0 Å². The standard InChI is InChI=1S/C25H25N3O4S/c1-17-10-15-22-23(16-17)26-24(28(25(22)29)19-11-13-20(32-4)14-12-19)18(2)27(3)33(30,31)21-8-6-5-7-9-21/h5-16,18H,1-4H3. The van der Waals surface area contributed by atoms with Crippen LogP contribution in [-0.4, -0.2) is 36.4 Å². The summed E-state index contributed by atoms with van der Waals surface area (Å²) >= 11 is 0. The second-order valence-corrected chi connectivity index (χ2v) is 9.84. The highest BCUT2D eigenvalue weighted by molar-refractivity contribution is 7.89. The average molecular weight is 464 g/mol. The predicted octanol–water partition coefficient (Wildman–Crippen LogP) is 4.08. The van der Waals surface area contributed by atoms with Crippen molar-refractivity contribution in [2.75, 3.05) is 14.2 Å². The molecular formula is C25H25N3O4S. The van der Waals surface area contributed by atoms with E-state index in [9.17, 15) is 13.2 Å². The van der Waals surface area contributed by atoms with Crippen molar-refractivity contribution < 1.29 is 13.2 Å². The highest BCUT2D eigenvalue weighted by Gasteiger charge is 2.30. The fourth-order valence-electron chi connectivity index (χ4n) is 3.70. The van der Waals surface area contributed by atoms with Crippen molar-refractivity contribution in [3.63, 3.8) is 0 Å². The van der Waals surface area contributed by atoms with Gasteiger partial charge in [-0.05, 0) is 67.9 Å². The maximum Gasteiger partial charge on any atom is 0.266 e. The van der Waals surface area contributed by atoms with Crippen molar-refractivity contribution in [1.82, 2.24) is 13.9 Å². The molecule has 4 aromatic rings. The fourth-order valence-corrected chi connectivity index (χ4v) is 5.05. The van der Waals surface area contributed by atoms with Gasteiger partial charge in [0.1, 0.15) is 11.6 Å². The molecule has 1 unspecified atom stereocenters. The summed E-state index contributed by atoms with van der Waals surface area (Å²) < 4.78 is 34.5. The quantitative estimate of drug-likeness (QED) is 0.430. The summed E-state index contributed by atoms with van der Waals surface area (Å²) in [5, 5.41) is 0.459. The molecule has 0 saturated carbocycles. The van der Waals surface area contributed by atoms with E-state index in [-0.39, 0.29) is 10.5 Å². The maximum absolute atomic E-state index is 13.6. The Balaban J connectivity index is 1.93. The minimum atomic E-state index is -3.81. The summed E-state index contributed by atoms with van der Waals surface area (Å²) in [7, 11) is -0.747. The zero-order valence-electron chi connectivity index (χ0n) is 18.9. The number of hydrogen-bond acceptors (Lipinski definition) is 5. The van der Waals surface area contributed by atoms with Gasteiger partial charge in [-0.25, -0.2) is 13.4 Å². The van der Waals surface area contributed by atoms with E-state index < -0.39 is 16.1 Å². The molecule has 0 fully saturated rings. The van der Waals surface area contributed by atoms with Crippen LogP contribution in [0, 0.1) is 6.92 Å². The Hall–Kier alpha value is -3.49.